The predicted molar refractivity (Wildman–Crippen MR) is 118 cm³/mol. The van der Waals surface area contributed by atoms with Crippen LogP contribution in [0.5, 0.6) is 0 Å². The largest absolute Gasteiger partial charge is 0.356 e. The third-order valence-corrected chi connectivity index (χ3v) is 5.61. The van der Waals surface area contributed by atoms with E-state index in [4.69, 9.17) is 0 Å². The van der Waals surface area contributed by atoms with Gasteiger partial charge in [-0.15, -0.1) is 0 Å². The van der Waals surface area contributed by atoms with Gasteiger partial charge in [0.05, 0.1) is 5.56 Å². The summed E-state index contributed by atoms with van der Waals surface area (Å²) in [6.07, 6.45) is 0.465. The summed E-state index contributed by atoms with van der Waals surface area (Å²) in [5.74, 6) is -2.29. The van der Waals surface area contributed by atoms with E-state index in [1.165, 1.54) is 30.9 Å². The van der Waals surface area contributed by atoms with Crippen LogP contribution in [0.3, 0.4) is 0 Å². The van der Waals surface area contributed by atoms with Crippen molar-refractivity contribution in [1.29, 1.82) is 0 Å². The zero-order valence-electron chi connectivity index (χ0n) is 18.8. The topological polar surface area (TPSA) is 36.1 Å². The number of alkyl halides is 1. The van der Waals surface area contributed by atoms with Gasteiger partial charge in [-0.05, 0) is 63.4 Å². The van der Waals surface area contributed by atoms with E-state index in [2.05, 4.69) is 4.98 Å². The first-order valence-electron chi connectivity index (χ1n) is 10.7. The lowest BCUT2D eigenvalue weighted by Crippen LogP contribution is -2.52. The maximum atomic E-state index is 15.0. The highest BCUT2D eigenvalue weighted by Gasteiger charge is 2.45. The Bertz CT molecular complexity index is 1090. The number of aromatic nitrogens is 1. The molecule has 0 radical (unpaired) electrons. The summed E-state index contributed by atoms with van der Waals surface area (Å²) in [7, 11) is 0. The lowest BCUT2D eigenvalue weighted by atomic mass is 9.86. The van der Waals surface area contributed by atoms with E-state index < -0.39 is 35.3 Å². The van der Waals surface area contributed by atoms with Crippen LogP contribution < -0.4 is 0 Å². The molecule has 2 atom stereocenters. The number of carbonyl (C=O) groups is 1. The Balaban J connectivity index is 0.00000132. The second-order valence-electron chi connectivity index (χ2n) is 8.35. The molecule has 1 aliphatic heterocycles. The zero-order chi connectivity index (χ0) is 23.1. The summed E-state index contributed by atoms with van der Waals surface area (Å²) in [5.41, 5.74) is 0.270. The first-order valence-corrected chi connectivity index (χ1v) is 10.7. The number of aryl methyl sites for hydroxylation is 1. The van der Waals surface area contributed by atoms with Crippen LogP contribution in [-0.2, 0) is 11.2 Å². The zero-order valence-corrected chi connectivity index (χ0v) is 18.8. The van der Waals surface area contributed by atoms with E-state index in [0.717, 1.165) is 16.5 Å². The number of halogens is 3. The summed E-state index contributed by atoms with van der Waals surface area (Å²) in [6, 6.07) is 8.54. The second-order valence-corrected chi connectivity index (χ2v) is 8.35. The SMILES string of the molecule is CC.Cc1cc(F)c([C@@H]2c3[nH]c4ccccc4c3CC(C)N2C(=O)C(C)(C)F)c(F)c1. The third-order valence-electron chi connectivity index (χ3n) is 5.61. The molecule has 0 saturated heterocycles. The fourth-order valence-corrected chi connectivity index (χ4v) is 4.34. The molecule has 0 fully saturated rings. The Labute approximate surface area is 181 Å². The smallest absolute Gasteiger partial charge is 0.260 e. The normalized spacial score (nSPS) is 18.4. The summed E-state index contributed by atoms with van der Waals surface area (Å²) in [5, 5.41) is 0.943. The fourth-order valence-electron chi connectivity index (χ4n) is 4.34. The van der Waals surface area contributed by atoms with Crippen LogP contribution in [0.15, 0.2) is 36.4 Å². The Morgan fingerprint density at radius 1 is 1.13 bits per heavy atom. The van der Waals surface area contributed by atoms with Crippen molar-refractivity contribution in [3.63, 3.8) is 0 Å². The molecule has 166 valence electrons. The monoisotopic (exact) mass is 430 g/mol. The fraction of sp³-hybridized carbons (Fsp3) is 0.400. The molecule has 6 heteroatoms. The van der Waals surface area contributed by atoms with E-state index in [9.17, 15) is 9.18 Å². The Hall–Kier alpha value is -2.76. The summed E-state index contributed by atoms with van der Waals surface area (Å²) in [6.45, 7) is 9.72. The third kappa shape index (κ3) is 3.95. The van der Waals surface area contributed by atoms with Crippen LogP contribution >= 0.6 is 0 Å². The molecule has 1 amide bonds. The Morgan fingerprint density at radius 2 is 1.71 bits per heavy atom. The maximum absolute atomic E-state index is 15.0. The standard InChI is InChI=1S/C23H23F3N2O.C2H6/c1-12-9-16(24)19(17(25)10-12)21-20-15(14-7-5-6-8-18(14)27-20)11-13(2)28(21)22(29)23(3,4)26;1-2/h5-10,13,21,27H,11H2,1-4H3;1-2H3/t13?,21-;/m1./s1. The molecule has 1 aliphatic rings. The number of fused-ring (bicyclic) bond motifs is 3. The highest BCUT2D eigenvalue weighted by molar-refractivity contribution is 5.89. The van der Waals surface area contributed by atoms with Gasteiger partial charge in [-0.3, -0.25) is 4.79 Å². The highest BCUT2D eigenvalue weighted by atomic mass is 19.1. The molecule has 2 aromatic carbocycles. The van der Waals surface area contributed by atoms with Crippen LogP contribution in [-0.4, -0.2) is 27.5 Å². The van der Waals surface area contributed by atoms with Crippen molar-refractivity contribution in [3.05, 3.63) is 70.4 Å². The number of benzene rings is 2. The molecule has 31 heavy (non-hydrogen) atoms. The summed E-state index contributed by atoms with van der Waals surface area (Å²) >= 11 is 0. The van der Waals surface area contributed by atoms with Crippen molar-refractivity contribution in [3.8, 4) is 0 Å². The van der Waals surface area contributed by atoms with Crippen LogP contribution in [0.4, 0.5) is 13.2 Å². The van der Waals surface area contributed by atoms with Gasteiger partial charge in [0.1, 0.15) is 17.7 Å². The molecule has 4 rings (SSSR count). The van der Waals surface area contributed by atoms with Gasteiger partial charge >= 0.3 is 0 Å². The molecule has 3 aromatic rings. The number of aromatic amines is 1. The second kappa shape index (κ2) is 8.40. The van der Waals surface area contributed by atoms with Gasteiger partial charge in [0.15, 0.2) is 5.67 Å². The average molecular weight is 431 g/mol. The van der Waals surface area contributed by atoms with Crippen LogP contribution in [0.25, 0.3) is 10.9 Å². The van der Waals surface area contributed by atoms with Crippen molar-refractivity contribution < 1.29 is 18.0 Å². The van der Waals surface area contributed by atoms with E-state index in [0.29, 0.717) is 17.7 Å². The molecule has 1 aromatic heterocycles. The number of amides is 1. The Kier molecular flexibility index (Phi) is 6.21. The highest BCUT2D eigenvalue weighted by Crippen LogP contribution is 2.43. The average Bonchev–Trinajstić information content (AvgIpc) is 3.06. The predicted octanol–water partition coefficient (Wildman–Crippen LogP) is 6.39. The lowest BCUT2D eigenvalue weighted by Gasteiger charge is -2.43. The quantitative estimate of drug-likeness (QED) is 0.502. The number of rotatable bonds is 2. The van der Waals surface area contributed by atoms with Gasteiger partial charge in [-0.25, -0.2) is 13.2 Å². The molecule has 0 spiro atoms. The van der Waals surface area contributed by atoms with Gasteiger partial charge in [0.25, 0.3) is 5.91 Å². The maximum Gasteiger partial charge on any atom is 0.260 e. The van der Waals surface area contributed by atoms with Crippen LogP contribution in [0.1, 0.15) is 63.0 Å². The number of para-hydroxylation sites is 1. The van der Waals surface area contributed by atoms with Crippen molar-refractivity contribution in [1.82, 2.24) is 9.88 Å². The van der Waals surface area contributed by atoms with E-state index in [1.54, 1.807) is 13.8 Å². The minimum Gasteiger partial charge on any atom is -0.356 e. The van der Waals surface area contributed by atoms with Crippen molar-refractivity contribution in [2.75, 3.05) is 0 Å². The first kappa shape index (κ1) is 22.9. The summed E-state index contributed by atoms with van der Waals surface area (Å²) < 4.78 is 44.7. The first-order chi connectivity index (χ1) is 14.6. The molecule has 0 bridgehead atoms. The molecule has 2 heterocycles. The molecule has 1 unspecified atom stereocenters. The number of carbonyl (C=O) groups excluding carboxylic acids is 1. The number of hydrogen-bond donors (Lipinski definition) is 1. The molecular weight excluding hydrogens is 401 g/mol. The minimum absolute atomic E-state index is 0.243. The molecule has 0 aliphatic carbocycles. The van der Waals surface area contributed by atoms with Gasteiger partial charge in [-0.1, -0.05) is 32.0 Å². The van der Waals surface area contributed by atoms with Crippen molar-refractivity contribution in [2.24, 2.45) is 0 Å². The molecule has 3 nitrogen and oxygen atoms in total. The van der Waals surface area contributed by atoms with Crippen LogP contribution in [0, 0.1) is 18.6 Å². The number of nitrogens with zero attached hydrogens (tertiary/aromatic N) is 1. The van der Waals surface area contributed by atoms with Crippen LogP contribution in [0.2, 0.25) is 0 Å². The van der Waals surface area contributed by atoms with Gasteiger partial charge in [-0.2, -0.15) is 0 Å². The van der Waals surface area contributed by atoms with E-state index in [-0.39, 0.29) is 5.56 Å². The van der Waals surface area contributed by atoms with Crippen molar-refractivity contribution in [2.45, 2.75) is 65.7 Å². The Morgan fingerprint density at radius 3 is 2.29 bits per heavy atom. The van der Waals surface area contributed by atoms with Gasteiger partial charge < -0.3 is 9.88 Å². The van der Waals surface area contributed by atoms with Gasteiger partial charge in [0.2, 0.25) is 0 Å². The number of nitrogens with one attached hydrogen (secondary N) is 1. The summed E-state index contributed by atoms with van der Waals surface area (Å²) in [4.78, 5) is 17.5. The molecular formula is C25H29F3N2O. The molecule has 1 N–H and O–H groups in total. The lowest BCUT2D eigenvalue weighted by molar-refractivity contribution is -0.146. The van der Waals surface area contributed by atoms with E-state index in [1.807, 2.05) is 38.1 Å². The van der Waals surface area contributed by atoms with E-state index >= 15 is 8.78 Å². The van der Waals surface area contributed by atoms with Crippen molar-refractivity contribution >= 4 is 16.8 Å². The molecule has 0 saturated carbocycles. The minimum atomic E-state index is -2.17. The number of hydrogen-bond acceptors (Lipinski definition) is 1. The number of H-pyrrole nitrogens is 1. The van der Waals surface area contributed by atoms with Gasteiger partial charge in [0, 0.05) is 22.6 Å².